The van der Waals surface area contributed by atoms with Crippen LogP contribution in [-0.4, -0.2) is 42.4 Å². The molecule has 0 radical (unpaired) electrons. The lowest BCUT2D eigenvalue weighted by molar-refractivity contribution is -0.385. The molecule has 0 spiro atoms. The van der Waals surface area contributed by atoms with Gasteiger partial charge in [0, 0.05) is 12.2 Å². The van der Waals surface area contributed by atoms with Gasteiger partial charge in [-0.1, -0.05) is 37.4 Å². The number of fused-ring (bicyclic) bond motifs is 2. The van der Waals surface area contributed by atoms with Crippen LogP contribution in [0.3, 0.4) is 0 Å². The Kier molecular flexibility index (Phi) is 10.2. The number of hydrogen-bond acceptors (Lipinski definition) is 12. The van der Waals surface area contributed by atoms with E-state index < -0.39 is 34.5 Å². The molecule has 0 N–H and O–H groups in total. The van der Waals surface area contributed by atoms with E-state index >= 15 is 0 Å². The smallest absolute Gasteiger partial charge is 0.343 e. The Bertz CT molecular complexity index is 2140. The predicted molar refractivity (Wildman–Crippen MR) is 174 cm³/mol. The molecule has 0 aromatic heterocycles. The van der Waals surface area contributed by atoms with E-state index in [0.717, 1.165) is 29.7 Å². The highest BCUT2D eigenvalue weighted by Crippen LogP contribution is 2.33. The van der Waals surface area contributed by atoms with Gasteiger partial charge in [0.1, 0.15) is 17.2 Å². The Labute approximate surface area is 277 Å². The standard InChI is InChI=1S/C36H25NO12/c1-3-33(38)46-20-44-28-11-9-22-15-26(7-5-24(22)17-28)35(40)48-30-13-14-32(31(19-30)37(42)43)49-36(41)27-8-6-25-18-29(12-10-23(25)16-27)45-21-47-34(39)4-2/h3-19H,1-2,20-21H2. The number of nitro groups is 1. The lowest BCUT2D eigenvalue weighted by Gasteiger charge is -2.10. The minimum absolute atomic E-state index is 0.122. The SMILES string of the molecule is C=CC(=O)OCOc1ccc2cc(C(=O)Oc3ccc(OC(=O)c4ccc5cc(OCOC(=O)C=C)ccc5c4)c([N+](=O)[O-])c3)ccc2c1. The zero-order valence-corrected chi connectivity index (χ0v) is 25.5. The number of nitro benzene ring substituents is 1. The first kappa shape index (κ1) is 33.3. The van der Waals surface area contributed by atoms with E-state index in [1.54, 1.807) is 60.7 Å². The summed E-state index contributed by atoms with van der Waals surface area (Å²) in [5.74, 6) is -2.52. The van der Waals surface area contributed by atoms with E-state index in [0.29, 0.717) is 27.7 Å². The molecule has 0 atom stereocenters. The summed E-state index contributed by atoms with van der Waals surface area (Å²) < 4.78 is 31.1. The van der Waals surface area contributed by atoms with Crippen molar-refractivity contribution in [2.45, 2.75) is 0 Å². The number of nitrogens with zero attached hydrogens (tertiary/aromatic N) is 1. The van der Waals surface area contributed by atoms with Gasteiger partial charge in [0.25, 0.3) is 0 Å². The van der Waals surface area contributed by atoms with Crippen LogP contribution >= 0.6 is 0 Å². The molecule has 5 aromatic rings. The van der Waals surface area contributed by atoms with Crippen molar-refractivity contribution in [1.82, 2.24) is 0 Å². The number of benzene rings is 5. The molecule has 0 amide bonds. The van der Waals surface area contributed by atoms with Crippen LogP contribution in [0, 0.1) is 10.1 Å². The van der Waals surface area contributed by atoms with Crippen molar-refractivity contribution in [3.63, 3.8) is 0 Å². The van der Waals surface area contributed by atoms with Crippen molar-refractivity contribution in [2.75, 3.05) is 13.6 Å². The average Bonchev–Trinajstić information content (AvgIpc) is 3.11. The molecule has 0 unspecified atom stereocenters. The molecule has 0 aliphatic heterocycles. The Morgan fingerprint density at radius 3 is 1.53 bits per heavy atom. The van der Waals surface area contributed by atoms with Crippen molar-refractivity contribution in [3.05, 3.63) is 138 Å². The van der Waals surface area contributed by atoms with E-state index in [9.17, 15) is 29.3 Å². The third-order valence-electron chi connectivity index (χ3n) is 6.82. The summed E-state index contributed by atoms with van der Waals surface area (Å²) >= 11 is 0. The highest BCUT2D eigenvalue weighted by molar-refractivity contribution is 5.98. The quantitative estimate of drug-likeness (QED) is 0.0337. The molecule has 5 aromatic carbocycles. The lowest BCUT2D eigenvalue weighted by Crippen LogP contribution is -2.11. The van der Waals surface area contributed by atoms with Crippen LogP contribution in [0.25, 0.3) is 21.5 Å². The third-order valence-corrected chi connectivity index (χ3v) is 6.82. The zero-order valence-electron chi connectivity index (χ0n) is 25.5. The van der Waals surface area contributed by atoms with Crippen LogP contribution in [0.15, 0.2) is 116 Å². The van der Waals surface area contributed by atoms with Crippen LogP contribution in [0.5, 0.6) is 23.0 Å². The Hall–Kier alpha value is -7.02. The van der Waals surface area contributed by atoms with Gasteiger partial charge in [-0.15, -0.1) is 0 Å². The van der Waals surface area contributed by atoms with Gasteiger partial charge in [0.15, 0.2) is 0 Å². The summed E-state index contributed by atoms with van der Waals surface area (Å²) in [7, 11) is 0. The van der Waals surface area contributed by atoms with Crippen LogP contribution in [0.1, 0.15) is 20.7 Å². The average molecular weight is 664 g/mol. The van der Waals surface area contributed by atoms with E-state index in [2.05, 4.69) is 13.2 Å². The van der Waals surface area contributed by atoms with Gasteiger partial charge in [-0.3, -0.25) is 10.1 Å². The molecule has 246 valence electrons. The van der Waals surface area contributed by atoms with Gasteiger partial charge in [-0.2, -0.15) is 0 Å². The molecular weight excluding hydrogens is 638 g/mol. The maximum atomic E-state index is 13.0. The fourth-order valence-electron chi connectivity index (χ4n) is 4.42. The predicted octanol–water partition coefficient (Wildman–Crippen LogP) is 6.47. The first-order valence-electron chi connectivity index (χ1n) is 14.3. The van der Waals surface area contributed by atoms with Crippen molar-refractivity contribution in [3.8, 4) is 23.0 Å². The second kappa shape index (κ2) is 15.0. The number of esters is 4. The highest BCUT2D eigenvalue weighted by atomic mass is 16.7. The number of carbonyl (C=O) groups is 4. The maximum Gasteiger partial charge on any atom is 0.343 e. The summed E-state index contributed by atoms with van der Waals surface area (Å²) in [5.41, 5.74) is -0.300. The fourth-order valence-corrected chi connectivity index (χ4v) is 4.42. The fraction of sp³-hybridized carbons (Fsp3) is 0.0556. The van der Waals surface area contributed by atoms with Crippen molar-refractivity contribution in [1.29, 1.82) is 0 Å². The Morgan fingerprint density at radius 2 is 1.04 bits per heavy atom. The Morgan fingerprint density at radius 1 is 0.592 bits per heavy atom. The number of carbonyl (C=O) groups excluding carboxylic acids is 4. The van der Waals surface area contributed by atoms with Crippen LogP contribution in [0.4, 0.5) is 5.69 Å². The van der Waals surface area contributed by atoms with Crippen LogP contribution < -0.4 is 18.9 Å². The summed E-state index contributed by atoms with van der Waals surface area (Å²) in [6.45, 7) is 6.00. The topological polar surface area (TPSA) is 167 Å². The van der Waals surface area contributed by atoms with E-state index in [1.807, 2.05) is 0 Å². The molecule has 0 aliphatic rings. The summed E-state index contributed by atoms with van der Waals surface area (Å²) in [5, 5.41) is 14.6. The van der Waals surface area contributed by atoms with Crippen molar-refractivity contribution < 1.29 is 52.5 Å². The third kappa shape index (κ3) is 8.42. The first-order chi connectivity index (χ1) is 23.6. The van der Waals surface area contributed by atoms with Gasteiger partial charge < -0.3 is 28.4 Å². The molecule has 13 heteroatoms. The lowest BCUT2D eigenvalue weighted by atomic mass is 10.1. The van der Waals surface area contributed by atoms with Gasteiger partial charge in [0.2, 0.25) is 19.3 Å². The first-order valence-corrected chi connectivity index (χ1v) is 14.3. The number of ether oxygens (including phenoxy) is 6. The molecule has 0 bridgehead atoms. The molecule has 0 heterocycles. The minimum Gasteiger partial charge on any atom is -0.457 e. The second-order valence-electron chi connectivity index (χ2n) is 9.97. The molecule has 13 nitrogen and oxygen atoms in total. The van der Waals surface area contributed by atoms with E-state index in [4.69, 9.17) is 28.4 Å². The van der Waals surface area contributed by atoms with Gasteiger partial charge in [-0.05, 0) is 82.2 Å². The summed E-state index contributed by atoms with van der Waals surface area (Å²) in [6, 6.07) is 22.8. The van der Waals surface area contributed by atoms with E-state index in [1.165, 1.54) is 18.2 Å². The molecule has 0 saturated carbocycles. The van der Waals surface area contributed by atoms with Crippen LogP contribution in [0.2, 0.25) is 0 Å². The van der Waals surface area contributed by atoms with Gasteiger partial charge >= 0.3 is 29.6 Å². The molecule has 0 fully saturated rings. The van der Waals surface area contributed by atoms with Gasteiger partial charge in [-0.25, -0.2) is 19.2 Å². The monoisotopic (exact) mass is 663 g/mol. The Balaban J connectivity index is 1.24. The number of hydrogen-bond donors (Lipinski definition) is 0. The molecular formula is C36H25NO12. The van der Waals surface area contributed by atoms with Crippen molar-refractivity contribution >= 4 is 51.1 Å². The maximum absolute atomic E-state index is 13.0. The summed E-state index contributed by atoms with van der Waals surface area (Å²) in [6.07, 6.45) is 2.03. The molecule has 0 aliphatic carbocycles. The normalized spacial score (nSPS) is 10.4. The second-order valence-corrected chi connectivity index (χ2v) is 9.97. The van der Waals surface area contributed by atoms with Crippen molar-refractivity contribution in [2.24, 2.45) is 0 Å². The molecule has 5 rings (SSSR count). The molecule has 0 saturated heterocycles. The van der Waals surface area contributed by atoms with E-state index in [-0.39, 0.29) is 36.2 Å². The summed E-state index contributed by atoms with van der Waals surface area (Å²) in [4.78, 5) is 59.3. The zero-order chi connectivity index (χ0) is 34.9. The highest BCUT2D eigenvalue weighted by Gasteiger charge is 2.22. The largest absolute Gasteiger partial charge is 0.457 e. The molecule has 49 heavy (non-hydrogen) atoms. The van der Waals surface area contributed by atoms with Gasteiger partial charge in [0.05, 0.1) is 22.1 Å². The minimum atomic E-state index is -0.853. The number of rotatable bonds is 13. The van der Waals surface area contributed by atoms with Crippen LogP contribution in [-0.2, 0) is 19.1 Å².